The van der Waals surface area contributed by atoms with E-state index in [2.05, 4.69) is 4.99 Å². The second-order valence-electron chi connectivity index (χ2n) is 7.29. The summed E-state index contributed by atoms with van der Waals surface area (Å²) in [4.78, 5) is 23.0. The van der Waals surface area contributed by atoms with E-state index >= 15 is 0 Å². The third-order valence-corrected chi connectivity index (χ3v) is 6.01. The first kappa shape index (κ1) is 21.0. The van der Waals surface area contributed by atoms with Gasteiger partial charge in [0.15, 0.2) is 5.70 Å². The molecule has 0 atom stereocenters. The number of nitrogens with zero attached hydrogens (tertiary/aromatic N) is 2. The van der Waals surface area contributed by atoms with Crippen molar-refractivity contribution in [1.82, 2.24) is 4.98 Å². The molecule has 1 aliphatic heterocycles. The second-order valence-corrected chi connectivity index (χ2v) is 8.35. The first-order chi connectivity index (χ1) is 16.2. The lowest BCUT2D eigenvalue weighted by Crippen LogP contribution is -2.05. The number of fused-ring (bicyclic) bond motifs is 1. The lowest BCUT2D eigenvalue weighted by atomic mass is 10.1. The molecule has 0 N–H and O–H groups in total. The molecular formula is C27H20N2O3S. The number of carbonyl (C=O) groups is 1. The van der Waals surface area contributed by atoms with Crippen molar-refractivity contribution < 1.29 is 14.3 Å². The molecule has 5 nitrogen and oxygen atoms in total. The van der Waals surface area contributed by atoms with Gasteiger partial charge in [-0.2, -0.15) is 0 Å². The zero-order valence-electron chi connectivity index (χ0n) is 17.9. The van der Waals surface area contributed by atoms with Crippen LogP contribution in [0.25, 0.3) is 17.0 Å². The third kappa shape index (κ3) is 4.66. The van der Waals surface area contributed by atoms with Gasteiger partial charge in [-0.1, -0.05) is 48.2 Å². The van der Waals surface area contributed by atoms with Crippen molar-refractivity contribution >= 4 is 40.6 Å². The number of pyridine rings is 1. The maximum Gasteiger partial charge on any atom is 0.363 e. The third-order valence-electron chi connectivity index (χ3n) is 4.98. The fourth-order valence-corrected chi connectivity index (χ4v) is 4.35. The SMILES string of the molecule is CCOc1ccc2nc(Sc3ccccc3)c(C=C3N=C(c4ccccc4)OC3=O)cc2c1. The van der Waals surface area contributed by atoms with Crippen LogP contribution in [0.2, 0.25) is 0 Å². The number of rotatable bonds is 6. The van der Waals surface area contributed by atoms with E-state index in [9.17, 15) is 4.79 Å². The summed E-state index contributed by atoms with van der Waals surface area (Å²) in [5, 5.41) is 1.70. The zero-order chi connectivity index (χ0) is 22.6. The van der Waals surface area contributed by atoms with E-state index in [-0.39, 0.29) is 5.70 Å². The number of hydrogen-bond acceptors (Lipinski definition) is 6. The van der Waals surface area contributed by atoms with E-state index in [4.69, 9.17) is 14.5 Å². The fraction of sp³-hybridized carbons (Fsp3) is 0.0741. The Morgan fingerprint density at radius 2 is 1.73 bits per heavy atom. The molecule has 0 spiro atoms. The van der Waals surface area contributed by atoms with Gasteiger partial charge in [-0.3, -0.25) is 0 Å². The summed E-state index contributed by atoms with van der Waals surface area (Å²) in [6.45, 7) is 2.53. The highest BCUT2D eigenvalue weighted by atomic mass is 32.2. The van der Waals surface area contributed by atoms with Crippen molar-refractivity contribution in [1.29, 1.82) is 0 Å². The summed E-state index contributed by atoms with van der Waals surface area (Å²) in [5.41, 5.74) is 2.63. The Morgan fingerprint density at radius 3 is 2.48 bits per heavy atom. The van der Waals surface area contributed by atoms with Crippen molar-refractivity contribution in [3.05, 3.63) is 102 Å². The van der Waals surface area contributed by atoms with E-state index in [0.29, 0.717) is 12.5 Å². The standard InChI is InChI=1S/C27H20N2O3S/c1-2-31-21-13-14-23-19(16-21)15-20(26(29-23)33-22-11-7-4-8-12-22)17-24-27(30)32-25(28-24)18-9-5-3-6-10-18/h3-17H,2H2,1H3. The molecule has 6 heteroatoms. The largest absolute Gasteiger partial charge is 0.494 e. The van der Waals surface area contributed by atoms with Gasteiger partial charge < -0.3 is 9.47 Å². The van der Waals surface area contributed by atoms with E-state index < -0.39 is 5.97 Å². The van der Waals surface area contributed by atoms with Crippen LogP contribution >= 0.6 is 11.8 Å². The first-order valence-electron chi connectivity index (χ1n) is 10.6. The van der Waals surface area contributed by atoms with Gasteiger partial charge in [-0.15, -0.1) is 0 Å². The molecule has 0 saturated heterocycles. The summed E-state index contributed by atoms with van der Waals surface area (Å²) in [6.07, 6.45) is 1.74. The number of carbonyl (C=O) groups excluding carboxylic acids is 1. The van der Waals surface area contributed by atoms with Crippen LogP contribution in [0.15, 0.2) is 106 Å². The molecule has 0 unspecified atom stereocenters. The van der Waals surface area contributed by atoms with Crippen LogP contribution < -0.4 is 4.74 Å². The minimum atomic E-state index is -0.479. The quantitative estimate of drug-likeness (QED) is 0.260. The van der Waals surface area contributed by atoms with Gasteiger partial charge >= 0.3 is 5.97 Å². The number of aromatic nitrogens is 1. The van der Waals surface area contributed by atoms with Gasteiger partial charge in [0.2, 0.25) is 5.90 Å². The van der Waals surface area contributed by atoms with E-state index in [1.165, 1.54) is 11.8 Å². The number of hydrogen-bond donors (Lipinski definition) is 0. The Bertz CT molecular complexity index is 1380. The number of esters is 1. The molecule has 0 amide bonds. The summed E-state index contributed by atoms with van der Waals surface area (Å²) >= 11 is 1.54. The van der Waals surface area contributed by atoms with E-state index in [1.807, 2.05) is 91.9 Å². The molecular weight excluding hydrogens is 432 g/mol. The molecule has 0 radical (unpaired) electrons. The summed E-state index contributed by atoms with van der Waals surface area (Å²) in [7, 11) is 0. The van der Waals surface area contributed by atoms with Gasteiger partial charge in [-0.05, 0) is 61.5 Å². The minimum absolute atomic E-state index is 0.242. The molecule has 162 valence electrons. The van der Waals surface area contributed by atoms with Crippen LogP contribution in [-0.2, 0) is 9.53 Å². The monoisotopic (exact) mass is 452 g/mol. The molecule has 33 heavy (non-hydrogen) atoms. The number of benzene rings is 3. The van der Waals surface area contributed by atoms with Gasteiger partial charge in [0.1, 0.15) is 10.8 Å². The van der Waals surface area contributed by atoms with Crippen LogP contribution in [0.1, 0.15) is 18.1 Å². The molecule has 3 aromatic carbocycles. The molecule has 1 aliphatic rings. The molecule has 0 bridgehead atoms. The average Bonchev–Trinajstić information content (AvgIpc) is 3.21. The van der Waals surface area contributed by atoms with Crippen LogP contribution in [0.3, 0.4) is 0 Å². The Morgan fingerprint density at radius 1 is 0.970 bits per heavy atom. The predicted octanol–water partition coefficient (Wildman–Crippen LogP) is 6.13. The topological polar surface area (TPSA) is 60.8 Å². The van der Waals surface area contributed by atoms with Gasteiger partial charge in [0.25, 0.3) is 0 Å². The van der Waals surface area contributed by atoms with E-state index in [0.717, 1.165) is 37.7 Å². The molecule has 5 rings (SSSR count). The lowest BCUT2D eigenvalue weighted by Gasteiger charge is -2.10. The van der Waals surface area contributed by atoms with Gasteiger partial charge in [0, 0.05) is 21.4 Å². The Kier molecular flexibility index (Phi) is 5.91. The molecule has 0 aliphatic carbocycles. The highest BCUT2D eigenvalue weighted by molar-refractivity contribution is 7.99. The van der Waals surface area contributed by atoms with Gasteiger partial charge in [0.05, 0.1) is 12.1 Å². The fourth-order valence-electron chi connectivity index (χ4n) is 3.46. The van der Waals surface area contributed by atoms with Crippen molar-refractivity contribution in [3.63, 3.8) is 0 Å². The summed E-state index contributed by atoms with van der Waals surface area (Å²) in [6, 6.07) is 27.2. The van der Waals surface area contributed by atoms with Gasteiger partial charge in [-0.25, -0.2) is 14.8 Å². The summed E-state index contributed by atoms with van der Waals surface area (Å²) < 4.78 is 11.1. The molecule has 1 aromatic heterocycles. The van der Waals surface area contributed by atoms with Crippen molar-refractivity contribution in [2.24, 2.45) is 4.99 Å². The summed E-state index contributed by atoms with van der Waals surface area (Å²) in [5.74, 6) is 0.600. The second kappa shape index (κ2) is 9.30. The van der Waals surface area contributed by atoms with Crippen molar-refractivity contribution in [2.75, 3.05) is 6.61 Å². The highest BCUT2D eigenvalue weighted by Crippen LogP contribution is 2.34. The number of ether oxygens (including phenoxy) is 2. The van der Waals surface area contributed by atoms with Crippen LogP contribution in [0.5, 0.6) is 5.75 Å². The van der Waals surface area contributed by atoms with Crippen LogP contribution in [0, 0.1) is 0 Å². The Labute approximate surface area is 195 Å². The Balaban J connectivity index is 1.60. The van der Waals surface area contributed by atoms with Crippen LogP contribution in [0.4, 0.5) is 0 Å². The van der Waals surface area contributed by atoms with Crippen molar-refractivity contribution in [3.8, 4) is 5.75 Å². The zero-order valence-corrected chi connectivity index (χ0v) is 18.7. The number of cyclic esters (lactones) is 1. The lowest BCUT2D eigenvalue weighted by molar-refractivity contribution is -0.129. The molecule has 4 aromatic rings. The maximum atomic E-state index is 12.6. The maximum absolute atomic E-state index is 12.6. The smallest absolute Gasteiger partial charge is 0.363 e. The average molecular weight is 453 g/mol. The first-order valence-corrected chi connectivity index (χ1v) is 11.4. The minimum Gasteiger partial charge on any atom is -0.494 e. The van der Waals surface area contributed by atoms with Crippen LogP contribution in [-0.4, -0.2) is 23.5 Å². The molecule has 0 fully saturated rings. The predicted molar refractivity (Wildman–Crippen MR) is 131 cm³/mol. The molecule has 0 saturated carbocycles. The van der Waals surface area contributed by atoms with Crippen molar-refractivity contribution in [2.45, 2.75) is 16.8 Å². The Hall–Kier alpha value is -3.90. The highest BCUT2D eigenvalue weighted by Gasteiger charge is 2.24. The normalized spacial score (nSPS) is 14.4. The molecule has 2 heterocycles. The number of aliphatic imine (C=N–C) groups is 1. The van der Waals surface area contributed by atoms with E-state index in [1.54, 1.807) is 6.08 Å².